The van der Waals surface area contributed by atoms with Gasteiger partial charge in [-0.1, -0.05) is 30.8 Å². The number of aryl methyl sites for hydroxylation is 1. The van der Waals surface area contributed by atoms with Crippen molar-refractivity contribution in [1.29, 1.82) is 0 Å². The van der Waals surface area contributed by atoms with E-state index in [2.05, 4.69) is 18.0 Å². The van der Waals surface area contributed by atoms with E-state index in [0.717, 1.165) is 27.3 Å². The summed E-state index contributed by atoms with van der Waals surface area (Å²) in [7, 11) is 0. The van der Waals surface area contributed by atoms with Crippen molar-refractivity contribution < 1.29 is 4.79 Å². The van der Waals surface area contributed by atoms with Gasteiger partial charge >= 0.3 is 0 Å². The van der Waals surface area contributed by atoms with E-state index in [4.69, 9.17) is 0 Å². The summed E-state index contributed by atoms with van der Waals surface area (Å²) in [4.78, 5) is 18.3. The van der Waals surface area contributed by atoms with Gasteiger partial charge in [-0.2, -0.15) is 0 Å². The van der Waals surface area contributed by atoms with Crippen LogP contribution in [0.1, 0.15) is 28.4 Å². The van der Waals surface area contributed by atoms with Crippen LogP contribution in [0.15, 0.2) is 52.5 Å². The molecule has 0 bridgehead atoms. The van der Waals surface area contributed by atoms with Crippen LogP contribution in [0, 0.1) is 0 Å². The lowest BCUT2D eigenvalue weighted by molar-refractivity contribution is 0.104. The van der Waals surface area contributed by atoms with Gasteiger partial charge in [0.15, 0.2) is 0 Å². The number of fused-ring (bicyclic) bond motifs is 1. The number of ketones is 1. The Kier molecular flexibility index (Phi) is 3.22. The maximum absolute atomic E-state index is 12.4. The highest BCUT2D eigenvalue weighted by atomic mass is 32.2. The summed E-state index contributed by atoms with van der Waals surface area (Å²) in [6.07, 6.45) is 6.36. The highest BCUT2D eigenvalue weighted by molar-refractivity contribution is 8.05. The first-order valence-corrected chi connectivity index (χ1v) is 7.07. The van der Waals surface area contributed by atoms with E-state index < -0.39 is 0 Å². The quantitative estimate of drug-likeness (QED) is 0.771. The minimum Gasteiger partial charge on any atom is -0.288 e. The Morgan fingerprint density at radius 3 is 2.74 bits per heavy atom. The van der Waals surface area contributed by atoms with E-state index >= 15 is 0 Å². The van der Waals surface area contributed by atoms with Crippen molar-refractivity contribution >= 4 is 23.6 Å². The highest BCUT2D eigenvalue weighted by Crippen LogP contribution is 2.42. The molecule has 0 saturated heterocycles. The first kappa shape index (κ1) is 12.2. The molecular formula is C16H13NOS. The number of hydrogen-bond donors (Lipinski definition) is 0. The van der Waals surface area contributed by atoms with Gasteiger partial charge in [0.05, 0.1) is 4.91 Å². The van der Waals surface area contributed by atoms with Gasteiger partial charge in [0.1, 0.15) is 0 Å². The number of carbonyl (C=O) groups is 1. The fourth-order valence-electron chi connectivity index (χ4n) is 2.16. The maximum Gasteiger partial charge on any atom is 0.200 e. The monoisotopic (exact) mass is 267 g/mol. The number of nitrogens with zero attached hydrogens (tertiary/aromatic N) is 1. The predicted molar refractivity (Wildman–Crippen MR) is 78.2 cm³/mol. The van der Waals surface area contributed by atoms with Crippen molar-refractivity contribution in [2.24, 2.45) is 0 Å². The smallest absolute Gasteiger partial charge is 0.200 e. The molecule has 19 heavy (non-hydrogen) atoms. The van der Waals surface area contributed by atoms with Crippen LogP contribution in [0.5, 0.6) is 0 Å². The summed E-state index contributed by atoms with van der Waals surface area (Å²) in [6, 6.07) is 9.78. The third-order valence-corrected chi connectivity index (χ3v) is 4.37. The van der Waals surface area contributed by atoms with Crippen LogP contribution in [-0.4, -0.2) is 10.8 Å². The van der Waals surface area contributed by atoms with Crippen LogP contribution in [0.4, 0.5) is 0 Å². The van der Waals surface area contributed by atoms with Gasteiger partial charge in [0.25, 0.3) is 0 Å². The molecule has 0 atom stereocenters. The molecule has 0 amide bonds. The molecule has 0 radical (unpaired) electrons. The third-order valence-electron chi connectivity index (χ3n) is 3.16. The van der Waals surface area contributed by atoms with Gasteiger partial charge in [0, 0.05) is 22.9 Å². The zero-order valence-electron chi connectivity index (χ0n) is 10.6. The van der Waals surface area contributed by atoms with Crippen LogP contribution >= 0.6 is 11.8 Å². The van der Waals surface area contributed by atoms with Gasteiger partial charge in [-0.15, -0.1) is 0 Å². The van der Waals surface area contributed by atoms with E-state index in [1.165, 1.54) is 5.56 Å². The summed E-state index contributed by atoms with van der Waals surface area (Å²) < 4.78 is 0. The molecule has 3 heteroatoms. The molecule has 0 N–H and O–H groups in total. The third kappa shape index (κ3) is 2.22. The van der Waals surface area contributed by atoms with Crippen molar-refractivity contribution in [2.75, 3.05) is 0 Å². The fourth-order valence-corrected chi connectivity index (χ4v) is 3.39. The van der Waals surface area contributed by atoms with Gasteiger partial charge in [-0.05, 0) is 41.8 Å². The van der Waals surface area contributed by atoms with E-state index in [1.807, 2.05) is 30.3 Å². The number of aromatic nitrogens is 1. The second-order valence-electron chi connectivity index (χ2n) is 4.37. The second kappa shape index (κ2) is 5.02. The number of hydrogen-bond acceptors (Lipinski definition) is 3. The minimum atomic E-state index is 0.132. The van der Waals surface area contributed by atoms with Crippen LogP contribution in [-0.2, 0) is 6.42 Å². The van der Waals surface area contributed by atoms with Crippen molar-refractivity contribution in [3.63, 3.8) is 0 Å². The summed E-state index contributed by atoms with van der Waals surface area (Å²) in [5, 5.41) is 0. The number of benzene rings is 1. The molecule has 0 unspecified atom stereocenters. The first-order chi connectivity index (χ1) is 9.29. The molecule has 1 aliphatic rings. The molecule has 0 saturated carbocycles. The molecule has 0 fully saturated rings. The molecule has 1 aromatic heterocycles. The van der Waals surface area contributed by atoms with Crippen molar-refractivity contribution in [3.8, 4) is 0 Å². The van der Waals surface area contributed by atoms with Crippen molar-refractivity contribution in [2.45, 2.75) is 18.2 Å². The Hall–Kier alpha value is -1.87. The number of carbonyl (C=O) groups excluding carboxylic acids is 1. The number of rotatable bonds is 2. The Balaban J connectivity index is 2.02. The van der Waals surface area contributed by atoms with Crippen molar-refractivity contribution in [1.82, 2.24) is 4.98 Å². The van der Waals surface area contributed by atoms with Gasteiger partial charge in [-0.3, -0.25) is 9.78 Å². The predicted octanol–water partition coefficient (Wildman–Crippen LogP) is 3.97. The summed E-state index contributed by atoms with van der Waals surface area (Å²) in [6.45, 7) is 2.12. The molecule has 2 heterocycles. The van der Waals surface area contributed by atoms with Crippen LogP contribution in [0.25, 0.3) is 6.08 Å². The summed E-state index contributed by atoms with van der Waals surface area (Å²) >= 11 is 1.58. The van der Waals surface area contributed by atoms with Gasteiger partial charge in [-0.25, -0.2) is 0 Å². The van der Waals surface area contributed by atoms with E-state index in [9.17, 15) is 4.79 Å². The van der Waals surface area contributed by atoms with Crippen LogP contribution in [0.2, 0.25) is 0 Å². The molecular weight excluding hydrogens is 254 g/mol. The lowest BCUT2D eigenvalue weighted by Gasteiger charge is -2.02. The second-order valence-corrected chi connectivity index (χ2v) is 5.42. The van der Waals surface area contributed by atoms with Crippen LogP contribution < -0.4 is 0 Å². The normalized spacial score (nSPS) is 15.8. The molecule has 1 aromatic carbocycles. The first-order valence-electron chi connectivity index (χ1n) is 6.25. The summed E-state index contributed by atoms with van der Waals surface area (Å²) in [5.41, 5.74) is 3.09. The summed E-state index contributed by atoms with van der Waals surface area (Å²) in [5.74, 6) is 0.132. The Morgan fingerprint density at radius 2 is 2.00 bits per heavy atom. The SMILES string of the molecule is CCc1cccc2c1S/C(=C\c1ccncc1)C2=O. The fraction of sp³-hybridized carbons (Fsp3) is 0.125. The molecule has 0 aliphatic carbocycles. The average Bonchev–Trinajstić information content (AvgIpc) is 2.77. The Labute approximate surface area is 116 Å². The number of allylic oxidation sites excluding steroid dienone is 1. The molecule has 3 rings (SSSR count). The topological polar surface area (TPSA) is 30.0 Å². The average molecular weight is 267 g/mol. The van der Waals surface area contributed by atoms with Gasteiger partial charge < -0.3 is 0 Å². The van der Waals surface area contributed by atoms with Crippen LogP contribution in [0.3, 0.4) is 0 Å². The molecule has 1 aliphatic heterocycles. The number of Topliss-reactive ketones (excluding diaryl/α,β-unsaturated/α-hetero) is 1. The number of thioether (sulfide) groups is 1. The van der Waals surface area contributed by atoms with Gasteiger partial charge in [0.2, 0.25) is 5.78 Å². The Morgan fingerprint density at radius 1 is 1.21 bits per heavy atom. The zero-order valence-corrected chi connectivity index (χ0v) is 11.4. The van der Waals surface area contributed by atoms with E-state index in [0.29, 0.717) is 0 Å². The number of pyridine rings is 1. The van der Waals surface area contributed by atoms with E-state index in [-0.39, 0.29) is 5.78 Å². The molecule has 0 spiro atoms. The Bertz CT molecular complexity index is 662. The van der Waals surface area contributed by atoms with Crippen molar-refractivity contribution in [3.05, 3.63) is 64.3 Å². The largest absolute Gasteiger partial charge is 0.288 e. The van der Waals surface area contributed by atoms with E-state index in [1.54, 1.807) is 24.2 Å². The molecule has 2 nitrogen and oxygen atoms in total. The molecule has 2 aromatic rings. The zero-order chi connectivity index (χ0) is 13.2. The molecule has 94 valence electrons. The minimum absolute atomic E-state index is 0.132. The lowest BCUT2D eigenvalue weighted by atomic mass is 10.0. The lowest BCUT2D eigenvalue weighted by Crippen LogP contribution is -1.95. The standard InChI is InChI=1S/C16H13NOS/c1-2-12-4-3-5-13-15(18)14(19-16(12)13)10-11-6-8-17-9-7-11/h3-10H,2H2,1H3/b14-10-. The highest BCUT2D eigenvalue weighted by Gasteiger charge is 2.27. The maximum atomic E-state index is 12.4.